The van der Waals surface area contributed by atoms with Crippen molar-refractivity contribution in [1.82, 2.24) is 19.8 Å². The van der Waals surface area contributed by atoms with Crippen molar-refractivity contribution in [3.05, 3.63) is 83.4 Å². The molecular formula is C37H48CuN6O4+. The third-order valence-corrected chi connectivity index (χ3v) is 8.15. The summed E-state index contributed by atoms with van der Waals surface area (Å²) in [5.41, 5.74) is 4.71. The van der Waals surface area contributed by atoms with Gasteiger partial charge in [-0.1, -0.05) is 52.0 Å². The number of aromatic nitrogens is 2. The van der Waals surface area contributed by atoms with E-state index in [9.17, 15) is 9.59 Å². The first-order chi connectivity index (χ1) is 22.2. The van der Waals surface area contributed by atoms with Gasteiger partial charge in [-0.2, -0.15) is 9.98 Å². The smallest absolute Gasteiger partial charge is 0.464 e. The van der Waals surface area contributed by atoms with Gasteiger partial charge in [0.15, 0.2) is 0 Å². The van der Waals surface area contributed by atoms with Crippen molar-refractivity contribution < 1.29 is 36.1 Å². The van der Waals surface area contributed by atoms with Crippen LogP contribution in [0.4, 0.5) is 11.4 Å². The molecule has 0 unspecified atom stereocenters. The van der Waals surface area contributed by atoms with Gasteiger partial charge in [0.05, 0.1) is 45.7 Å². The number of pyridine rings is 2. The molecule has 5 rings (SSSR count). The van der Waals surface area contributed by atoms with Crippen LogP contribution in [0.25, 0.3) is 0 Å². The Labute approximate surface area is 295 Å². The van der Waals surface area contributed by atoms with Crippen LogP contribution in [-0.2, 0) is 62.3 Å². The van der Waals surface area contributed by atoms with Crippen LogP contribution in [0.15, 0.2) is 70.6 Å². The van der Waals surface area contributed by atoms with Gasteiger partial charge in [0.1, 0.15) is 30.6 Å². The number of para-hydroxylation sites is 2. The maximum atomic E-state index is 12.2. The molecule has 0 spiro atoms. The molecule has 10 nitrogen and oxygen atoms in total. The third-order valence-electron chi connectivity index (χ3n) is 8.15. The number of carbonyl (C=O) groups excluding carboxylic acids is 2. The van der Waals surface area contributed by atoms with Crippen LogP contribution in [-0.4, -0.2) is 62.0 Å². The fourth-order valence-electron chi connectivity index (χ4n) is 4.96. The van der Waals surface area contributed by atoms with Crippen molar-refractivity contribution in [2.24, 2.45) is 21.8 Å². The number of carbonyl (C=O) groups is 2. The maximum absolute atomic E-state index is 12.2. The summed E-state index contributed by atoms with van der Waals surface area (Å²) in [4.78, 5) is 46.7. The first-order valence-corrected chi connectivity index (χ1v) is 16.2. The second kappa shape index (κ2) is 17.1. The van der Waals surface area contributed by atoms with Gasteiger partial charge in [0.25, 0.3) is 0 Å². The van der Waals surface area contributed by atoms with Crippen LogP contribution in [0.1, 0.15) is 78.2 Å². The number of esters is 2. The molecule has 1 aromatic carbocycles. The Morgan fingerprint density at radius 3 is 1.29 bits per heavy atom. The molecular weight excluding hydrogens is 656 g/mol. The van der Waals surface area contributed by atoms with Crippen LogP contribution in [0.3, 0.4) is 0 Å². The predicted molar refractivity (Wildman–Crippen MR) is 182 cm³/mol. The number of aliphatic imine (C=N–C) groups is 2. The number of hydrogen-bond donors (Lipinski definition) is 0. The fourth-order valence-corrected chi connectivity index (χ4v) is 4.96. The molecule has 0 atom stereocenters. The van der Waals surface area contributed by atoms with Gasteiger partial charge in [-0.25, -0.2) is 0 Å². The van der Waals surface area contributed by atoms with Crippen LogP contribution in [0.2, 0.25) is 0 Å². The van der Waals surface area contributed by atoms with E-state index in [2.05, 4.69) is 53.5 Å². The Hall–Kier alpha value is -3.72. The van der Waals surface area contributed by atoms with Gasteiger partial charge in [0, 0.05) is 26.2 Å². The van der Waals surface area contributed by atoms with E-state index in [4.69, 9.17) is 19.4 Å². The number of hydrogen-bond acceptors (Lipinski definition) is 10. The van der Waals surface area contributed by atoms with Crippen molar-refractivity contribution >= 4 is 29.3 Å². The Kier molecular flexibility index (Phi) is 13.8. The van der Waals surface area contributed by atoms with E-state index in [1.807, 2.05) is 88.4 Å². The molecule has 0 amide bonds. The summed E-state index contributed by atoms with van der Waals surface area (Å²) >= 11 is 0. The zero-order valence-electron chi connectivity index (χ0n) is 29.3. The van der Waals surface area contributed by atoms with Crippen molar-refractivity contribution in [2.45, 2.75) is 92.6 Å². The molecule has 0 saturated carbocycles. The minimum atomic E-state index is -0.432. The van der Waals surface area contributed by atoms with Crippen LogP contribution >= 0.6 is 0 Å². The van der Waals surface area contributed by atoms with Crippen LogP contribution in [0.5, 0.6) is 0 Å². The minimum absolute atomic E-state index is 0. The summed E-state index contributed by atoms with van der Waals surface area (Å²) in [6.45, 7) is 18.6. The van der Waals surface area contributed by atoms with E-state index in [1.165, 1.54) is 0 Å². The van der Waals surface area contributed by atoms with Crippen molar-refractivity contribution in [3.63, 3.8) is 0 Å². The Morgan fingerprint density at radius 1 is 0.646 bits per heavy atom. The van der Waals surface area contributed by atoms with Crippen LogP contribution in [0, 0.1) is 11.8 Å². The molecule has 0 saturated heterocycles. The number of benzene rings is 1. The number of nitrogens with zero attached hydrogens (tertiary/aromatic N) is 6. The van der Waals surface area contributed by atoms with Gasteiger partial charge >= 0.3 is 29.0 Å². The Bertz CT molecular complexity index is 1460. The van der Waals surface area contributed by atoms with Gasteiger partial charge in [-0.3, -0.25) is 29.4 Å². The van der Waals surface area contributed by atoms with Gasteiger partial charge in [0.2, 0.25) is 0 Å². The third kappa shape index (κ3) is 10.9. The number of rotatable bonds is 8. The van der Waals surface area contributed by atoms with Crippen molar-refractivity contribution in [1.29, 1.82) is 0 Å². The summed E-state index contributed by atoms with van der Waals surface area (Å²) in [5, 5.41) is 0. The monoisotopic (exact) mass is 703 g/mol. The van der Waals surface area contributed by atoms with E-state index >= 15 is 0 Å². The molecule has 0 aliphatic carbocycles. The fraction of sp³-hybridized carbons (Fsp3) is 0.486. The van der Waals surface area contributed by atoms with E-state index in [0.717, 1.165) is 34.2 Å². The molecule has 2 aliphatic heterocycles. The summed E-state index contributed by atoms with van der Waals surface area (Å²) in [6.07, 6.45) is 0. The molecule has 4 bridgehead atoms. The summed E-state index contributed by atoms with van der Waals surface area (Å²) < 4.78 is 11.3. The van der Waals surface area contributed by atoms with Crippen LogP contribution < -0.4 is 0 Å². The SMILES string of the molecule is C1=Nc2ccccc2N=1.CC(C)C(=O)OCC(C)(C)N1Cc2cccc(n2)CN(C(C)(C)COC(=O)C(C)C)Cc2cccc(n2)C1.[Cu+]. The van der Waals surface area contributed by atoms with E-state index in [0.29, 0.717) is 26.2 Å². The number of ether oxygens (including phenoxy) is 2. The number of fused-ring (bicyclic) bond motifs is 5. The van der Waals surface area contributed by atoms with E-state index in [1.54, 1.807) is 0 Å². The molecule has 260 valence electrons. The minimum Gasteiger partial charge on any atom is -0.464 e. The van der Waals surface area contributed by atoms with Gasteiger partial charge in [-0.05, 0) is 64.1 Å². The zero-order valence-corrected chi connectivity index (χ0v) is 30.2. The van der Waals surface area contributed by atoms with Crippen molar-refractivity contribution in [2.75, 3.05) is 13.2 Å². The van der Waals surface area contributed by atoms with Crippen molar-refractivity contribution in [3.8, 4) is 0 Å². The molecule has 2 aliphatic rings. The summed E-state index contributed by atoms with van der Waals surface area (Å²) in [6, 6.07) is 22.4. The first kappa shape index (κ1) is 38.7. The predicted octanol–water partition coefficient (Wildman–Crippen LogP) is 6.88. The quantitative estimate of drug-likeness (QED) is 0.144. The molecule has 0 fully saturated rings. The molecule has 2 aromatic heterocycles. The standard InChI is InChI=1S/C30H44N4O4.C7H4N2.Cu/c1-21(2)27(35)37-19-29(5,6)33-15-23-11-9-13-25(31-23)17-34(18-26-14-10-12-24(16-33)32-26)30(7,8)20-38-28(36)22(3)4;1-2-4-7-6(3-1)8-5-9-7;/h9-14,21-22H,15-20H2,1-8H3;1-4H;/q;;+1. The second-order valence-electron chi connectivity index (χ2n) is 13.9. The molecule has 0 radical (unpaired) electrons. The molecule has 0 N–H and O–H groups in total. The zero-order chi connectivity index (χ0) is 34.2. The Balaban J connectivity index is 0.000000532. The summed E-state index contributed by atoms with van der Waals surface area (Å²) in [5.74, 6) is -0.742. The van der Waals surface area contributed by atoms with E-state index in [-0.39, 0.29) is 54.1 Å². The molecule has 48 heavy (non-hydrogen) atoms. The van der Waals surface area contributed by atoms with Gasteiger partial charge < -0.3 is 9.47 Å². The van der Waals surface area contributed by atoms with E-state index < -0.39 is 11.1 Å². The second-order valence-corrected chi connectivity index (χ2v) is 13.9. The molecule has 4 heterocycles. The topological polar surface area (TPSA) is 110 Å². The summed E-state index contributed by atoms with van der Waals surface area (Å²) in [7, 11) is 0. The normalized spacial score (nSPS) is 14.6. The largest absolute Gasteiger partial charge is 1.00 e. The maximum Gasteiger partial charge on any atom is 1.00 e. The van der Waals surface area contributed by atoms with Gasteiger partial charge in [-0.15, -0.1) is 0 Å². The average molecular weight is 704 g/mol. The molecule has 11 heteroatoms. The first-order valence-electron chi connectivity index (χ1n) is 16.2. The molecule has 3 aromatic rings. The Morgan fingerprint density at radius 2 is 0.979 bits per heavy atom. The average Bonchev–Trinajstić information content (AvgIpc) is 3.51.